The van der Waals surface area contributed by atoms with Gasteiger partial charge in [0, 0.05) is 0 Å². The maximum absolute atomic E-state index is 10.00. The number of aliphatic hydroxyl groups is 4. The summed E-state index contributed by atoms with van der Waals surface area (Å²) in [5, 5.41) is 40.0. The van der Waals surface area contributed by atoms with Gasteiger partial charge in [-0.2, -0.15) is 0 Å². The second-order valence-corrected chi connectivity index (χ2v) is 12.0. The van der Waals surface area contributed by atoms with Gasteiger partial charge in [-0.3, -0.25) is 0 Å². The standard InChI is InChI=1S/2C14H26O2/c2*1-11(2)9-13(5,15)7-8-14(6,16)10-12(3)4/h2*11-12,15-16H,9-10H2,1-6H3. The maximum Gasteiger partial charge on any atom is 0.123 e. The average Bonchev–Trinajstić information content (AvgIpc) is 2.47. The van der Waals surface area contributed by atoms with E-state index in [1.807, 2.05) is 55.4 Å². The molecule has 0 saturated carbocycles. The fourth-order valence-corrected chi connectivity index (χ4v) is 3.92. The SMILES string of the molecule is CC(C)CC(C)(O)C#CC(C)(O)CC(C)C.CC(C)CC(C)(O)C#CC(C)(O)CC(C)C. The monoisotopic (exact) mass is 452 g/mol. The molecular weight excluding hydrogens is 400 g/mol. The van der Waals surface area contributed by atoms with Crippen molar-refractivity contribution in [3.8, 4) is 23.7 Å². The van der Waals surface area contributed by atoms with Crippen LogP contribution < -0.4 is 0 Å². The molecule has 0 aromatic rings. The second-order valence-electron chi connectivity index (χ2n) is 12.0. The highest BCUT2D eigenvalue weighted by atomic mass is 16.3. The molecule has 0 heterocycles. The van der Waals surface area contributed by atoms with E-state index in [1.165, 1.54) is 0 Å². The summed E-state index contributed by atoms with van der Waals surface area (Å²) in [4.78, 5) is 0. The van der Waals surface area contributed by atoms with Crippen LogP contribution in [0.3, 0.4) is 0 Å². The zero-order chi connectivity index (χ0) is 26.0. The molecule has 0 spiro atoms. The Labute approximate surface area is 199 Å². The maximum atomic E-state index is 10.00. The summed E-state index contributed by atoms with van der Waals surface area (Å²) >= 11 is 0. The molecule has 0 radical (unpaired) electrons. The average molecular weight is 453 g/mol. The summed E-state index contributed by atoms with van der Waals surface area (Å²) in [5.74, 6) is 12.7. The fourth-order valence-electron chi connectivity index (χ4n) is 3.92. The number of hydrogen-bond donors (Lipinski definition) is 4. The molecule has 0 rings (SSSR count). The van der Waals surface area contributed by atoms with Crippen molar-refractivity contribution >= 4 is 0 Å². The zero-order valence-corrected chi connectivity index (χ0v) is 22.9. The predicted molar refractivity (Wildman–Crippen MR) is 136 cm³/mol. The topological polar surface area (TPSA) is 80.9 Å². The molecule has 4 atom stereocenters. The molecule has 188 valence electrons. The molecule has 4 heteroatoms. The van der Waals surface area contributed by atoms with E-state index >= 15 is 0 Å². The molecule has 0 aliphatic carbocycles. The van der Waals surface area contributed by atoms with E-state index in [0.29, 0.717) is 49.4 Å². The molecule has 0 fully saturated rings. The molecule has 0 bridgehead atoms. The van der Waals surface area contributed by atoms with Crippen molar-refractivity contribution < 1.29 is 20.4 Å². The van der Waals surface area contributed by atoms with Gasteiger partial charge in [0.25, 0.3) is 0 Å². The highest BCUT2D eigenvalue weighted by molar-refractivity contribution is 5.20. The van der Waals surface area contributed by atoms with Crippen LogP contribution in [-0.4, -0.2) is 42.8 Å². The summed E-state index contributed by atoms with van der Waals surface area (Å²) < 4.78 is 0. The van der Waals surface area contributed by atoms with Crippen molar-refractivity contribution in [3.63, 3.8) is 0 Å². The lowest BCUT2D eigenvalue weighted by molar-refractivity contribution is 0.0859. The number of hydrogen-bond acceptors (Lipinski definition) is 4. The summed E-state index contributed by atoms with van der Waals surface area (Å²) in [6.07, 6.45) is 2.49. The van der Waals surface area contributed by atoms with Gasteiger partial charge < -0.3 is 20.4 Å². The summed E-state index contributed by atoms with van der Waals surface area (Å²) in [6, 6.07) is 0. The first-order chi connectivity index (χ1) is 14.1. The molecule has 0 aliphatic rings. The van der Waals surface area contributed by atoms with Crippen molar-refractivity contribution in [1.82, 2.24) is 0 Å². The molecule has 4 N–H and O–H groups in total. The van der Waals surface area contributed by atoms with E-state index in [9.17, 15) is 20.4 Å². The van der Waals surface area contributed by atoms with Crippen molar-refractivity contribution in [2.45, 2.75) is 131 Å². The van der Waals surface area contributed by atoms with Crippen LogP contribution in [0.1, 0.15) is 109 Å². The first-order valence-electron chi connectivity index (χ1n) is 12.1. The second kappa shape index (κ2) is 13.6. The minimum absolute atomic E-state index is 0.388. The van der Waals surface area contributed by atoms with Crippen LogP contribution in [0.15, 0.2) is 0 Å². The van der Waals surface area contributed by atoms with Crippen molar-refractivity contribution in [2.24, 2.45) is 23.7 Å². The van der Waals surface area contributed by atoms with E-state index in [-0.39, 0.29) is 0 Å². The van der Waals surface area contributed by atoms with Gasteiger partial charge in [-0.15, -0.1) is 0 Å². The lowest BCUT2D eigenvalue weighted by Gasteiger charge is -2.22. The Balaban J connectivity index is 0. The van der Waals surface area contributed by atoms with Crippen molar-refractivity contribution in [3.05, 3.63) is 0 Å². The third-order valence-corrected chi connectivity index (χ3v) is 4.43. The van der Waals surface area contributed by atoms with Crippen LogP contribution in [0, 0.1) is 47.4 Å². The quantitative estimate of drug-likeness (QED) is 0.383. The minimum atomic E-state index is -1.00. The van der Waals surface area contributed by atoms with Crippen LogP contribution in [0.4, 0.5) is 0 Å². The first kappa shape index (κ1) is 33.1. The van der Waals surface area contributed by atoms with Crippen molar-refractivity contribution in [1.29, 1.82) is 0 Å². The fraction of sp³-hybridized carbons (Fsp3) is 0.857. The molecular formula is C28H52O4. The molecule has 0 amide bonds. The Morgan fingerprint density at radius 3 is 0.625 bits per heavy atom. The largest absolute Gasteiger partial charge is 0.378 e. The van der Waals surface area contributed by atoms with E-state index in [1.54, 1.807) is 27.7 Å². The van der Waals surface area contributed by atoms with Gasteiger partial charge >= 0.3 is 0 Å². The highest BCUT2D eigenvalue weighted by Crippen LogP contribution is 2.20. The Bertz CT molecular complexity index is 534. The highest BCUT2D eigenvalue weighted by Gasteiger charge is 2.23. The Kier molecular flexibility index (Phi) is 14.1. The predicted octanol–water partition coefficient (Wildman–Crippen LogP) is 5.17. The van der Waals surface area contributed by atoms with Gasteiger partial charge in [0.2, 0.25) is 0 Å². The van der Waals surface area contributed by atoms with Gasteiger partial charge in [-0.25, -0.2) is 0 Å². The zero-order valence-electron chi connectivity index (χ0n) is 22.9. The number of rotatable bonds is 8. The molecule has 0 saturated heterocycles. The summed E-state index contributed by atoms with van der Waals surface area (Å²) in [5.41, 5.74) is -4.02. The van der Waals surface area contributed by atoms with Gasteiger partial charge in [0.05, 0.1) is 0 Å². The van der Waals surface area contributed by atoms with Gasteiger partial charge in [-0.1, -0.05) is 79.1 Å². The third kappa shape index (κ3) is 20.8. The third-order valence-electron chi connectivity index (χ3n) is 4.43. The smallest absolute Gasteiger partial charge is 0.123 e. The van der Waals surface area contributed by atoms with E-state index in [4.69, 9.17) is 0 Å². The molecule has 0 aromatic heterocycles. The Morgan fingerprint density at radius 1 is 0.406 bits per heavy atom. The van der Waals surface area contributed by atoms with E-state index in [2.05, 4.69) is 23.7 Å². The van der Waals surface area contributed by atoms with Crippen molar-refractivity contribution in [2.75, 3.05) is 0 Å². The lowest BCUT2D eigenvalue weighted by Crippen LogP contribution is -2.28. The molecule has 32 heavy (non-hydrogen) atoms. The molecule has 4 nitrogen and oxygen atoms in total. The van der Waals surface area contributed by atoms with Gasteiger partial charge in [-0.05, 0) is 77.0 Å². The van der Waals surface area contributed by atoms with Crippen LogP contribution in [0.2, 0.25) is 0 Å². The van der Waals surface area contributed by atoms with Crippen LogP contribution in [-0.2, 0) is 0 Å². The Morgan fingerprint density at radius 2 is 0.531 bits per heavy atom. The normalized spacial score (nSPS) is 18.9. The summed E-state index contributed by atoms with van der Waals surface area (Å²) in [7, 11) is 0. The van der Waals surface area contributed by atoms with Crippen LogP contribution in [0.25, 0.3) is 0 Å². The van der Waals surface area contributed by atoms with Crippen LogP contribution >= 0.6 is 0 Å². The van der Waals surface area contributed by atoms with E-state index in [0.717, 1.165) is 0 Å². The molecule has 0 aliphatic heterocycles. The first-order valence-corrected chi connectivity index (χ1v) is 12.1. The minimum Gasteiger partial charge on any atom is -0.378 e. The Hall–Kier alpha value is -1.04. The van der Waals surface area contributed by atoms with Gasteiger partial charge in [0.1, 0.15) is 22.4 Å². The molecule has 4 unspecified atom stereocenters. The lowest BCUT2D eigenvalue weighted by atomic mass is 9.91. The van der Waals surface area contributed by atoms with E-state index < -0.39 is 22.4 Å². The molecule has 0 aromatic carbocycles. The van der Waals surface area contributed by atoms with Gasteiger partial charge in [0.15, 0.2) is 0 Å². The summed E-state index contributed by atoms with van der Waals surface area (Å²) in [6.45, 7) is 23.2. The van der Waals surface area contributed by atoms with Crippen LogP contribution in [0.5, 0.6) is 0 Å².